The fourth-order valence-electron chi connectivity index (χ4n) is 2.16. The fraction of sp³-hybridized carbons (Fsp3) is 0.529. The van der Waals surface area contributed by atoms with Crippen LogP contribution in [0.5, 0.6) is 0 Å². The molecule has 0 spiro atoms. The summed E-state index contributed by atoms with van der Waals surface area (Å²) in [5, 5.41) is 3.33. The third kappa shape index (κ3) is 4.89. The minimum absolute atomic E-state index is 0.0164. The van der Waals surface area contributed by atoms with Crippen molar-refractivity contribution in [1.29, 1.82) is 0 Å². The van der Waals surface area contributed by atoms with E-state index in [9.17, 15) is 9.59 Å². The Kier molecular flexibility index (Phi) is 6.08. The van der Waals surface area contributed by atoms with Crippen LogP contribution >= 0.6 is 0 Å². The molecule has 1 atom stereocenters. The molecule has 0 radical (unpaired) electrons. The van der Waals surface area contributed by atoms with Crippen molar-refractivity contribution in [3.8, 4) is 0 Å². The zero-order valence-electron chi connectivity index (χ0n) is 13.1. The van der Waals surface area contributed by atoms with Crippen LogP contribution in [-0.2, 0) is 11.2 Å². The van der Waals surface area contributed by atoms with E-state index in [1.807, 2.05) is 52.0 Å². The van der Waals surface area contributed by atoms with Gasteiger partial charge < -0.3 is 5.32 Å². The van der Waals surface area contributed by atoms with Crippen molar-refractivity contribution >= 4 is 11.6 Å². The van der Waals surface area contributed by atoms with Crippen LogP contribution in [0.2, 0.25) is 0 Å². The van der Waals surface area contributed by atoms with Gasteiger partial charge >= 0.3 is 0 Å². The normalized spacial score (nSPS) is 12.8. The Morgan fingerprint density at radius 1 is 1.05 bits per heavy atom. The van der Waals surface area contributed by atoms with Crippen LogP contribution in [-0.4, -0.2) is 23.7 Å². The summed E-state index contributed by atoms with van der Waals surface area (Å²) in [5.41, 5.74) is 1.78. The van der Waals surface area contributed by atoms with Gasteiger partial charge in [-0.2, -0.15) is 0 Å². The molecule has 0 amide bonds. The number of hydrogen-bond donors (Lipinski definition) is 1. The second-order valence-electron chi connectivity index (χ2n) is 5.89. The van der Waals surface area contributed by atoms with E-state index in [0.29, 0.717) is 12.0 Å². The third-order valence-electron chi connectivity index (χ3n) is 3.25. The highest BCUT2D eigenvalue weighted by Gasteiger charge is 2.22. The smallest absolute Gasteiger partial charge is 0.159 e. The van der Waals surface area contributed by atoms with E-state index in [1.165, 1.54) is 0 Å². The van der Waals surface area contributed by atoms with E-state index < -0.39 is 0 Å². The Balaban J connectivity index is 2.83. The maximum atomic E-state index is 12.2. The summed E-state index contributed by atoms with van der Waals surface area (Å²) in [7, 11) is 0. The minimum atomic E-state index is -0.168. The van der Waals surface area contributed by atoms with Gasteiger partial charge in [0.1, 0.15) is 0 Å². The third-order valence-corrected chi connectivity index (χ3v) is 3.25. The molecule has 3 nitrogen and oxygen atoms in total. The van der Waals surface area contributed by atoms with E-state index in [1.54, 1.807) is 6.92 Å². The van der Waals surface area contributed by atoms with Gasteiger partial charge in [0.15, 0.2) is 11.6 Å². The molecule has 110 valence electrons. The molecule has 1 unspecified atom stereocenters. The van der Waals surface area contributed by atoms with Gasteiger partial charge in [-0.25, -0.2) is 0 Å². The first-order chi connectivity index (χ1) is 9.31. The molecule has 0 aliphatic rings. The highest BCUT2D eigenvalue weighted by Crippen LogP contribution is 2.11. The van der Waals surface area contributed by atoms with E-state index in [-0.39, 0.29) is 29.6 Å². The maximum Gasteiger partial charge on any atom is 0.159 e. The molecule has 0 aliphatic heterocycles. The van der Waals surface area contributed by atoms with Gasteiger partial charge in [-0.1, -0.05) is 52.0 Å². The van der Waals surface area contributed by atoms with Crippen LogP contribution in [0.25, 0.3) is 0 Å². The number of hydrogen-bond acceptors (Lipinski definition) is 3. The van der Waals surface area contributed by atoms with Crippen molar-refractivity contribution in [2.24, 2.45) is 5.92 Å². The fourth-order valence-corrected chi connectivity index (χ4v) is 2.16. The molecule has 0 aliphatic carbocycles. The highest BCUT2D eigenvalue weighted by molar-refractivity contribution is 5.94. The van der Waals surface area contributed by atoms with Crippen LogP contribution in [0, 0.1) is 5.92 Å². The number of carbonyl (C=O) groups is 2. The lowest BCUT2D eigenvalue weighted by molar-refractivity contribution is -0.124. The first kappa shape index (κ1) is 16.6. The van der Waals surface area contributed by atoms with Crippen LogP contribution in [0.1, 0.15) is 50.5 Å². The zero-order chi connectivity index (χ0) is 15.3. The minimum Gasteiger partial charge on any atom is -0.305 e. The topological polar surface area (TPSA) is 46.2 Å². The quantitative estimate of drug-likeness (QED) is 0.778. The summed E-state index contributed by atoms with van der Waals surface area (Å²) in [5.74, 6) is 0.309. The molecule has 1 aromatic rings. The van der Waals surface area contributed by atoms with Gasteiger partial charge in [-0.05, 0) is 18.9 Å². The summed E-state index contributed by atoms with van der Waals surface area (Å²) >= 11 is 0. The number of nitrogens with one attached hydrogen (secondary N) is 1. The first-order valence-electron chi connectivity index (χ1n) is 7.21. The van der Waals surface area contributed by atoms with Crippen LogP contribution in [0.4, 0.5) is 0 Å². The molecule has 1 rings (SSSR count). The average molecular weight is 275 g/mol. The molecule has 20 heavy (non-hydrogen) atoms. The Morgan fingerprint density at radius 2 is 1.60 bits per heavy atom. The van der Waals surface area contributed by atoms with Gasteiger partial charge in [0, 0.05) is 17.5 Å². The largest absolute Gasteiger partial charge is 0.305 e. The molecule has 1 aromatic carbocycles. The lowest BCUT2D eigenvalue weighted by Crippen LogP contribution is -2.44. The molecular formula is C17H25NO2. The summed E-state index contributed by atoms with van der Waals surface area (Å²) in [6.07, 6.45) is 0.660. The van der Waals surface area contributed by atoms with Crippen LogP contribution < -0.4 is 5.32 Å². The first-order valence-corrected chi connectivity index (χ1v) is 7.21. The SMILES string of the molecule is CC(=O)c1ccc(CC(NC(C)C)C(=O)C(C)C)cc1. The standard InChI is InChI=1S/C17H25NO2/c1-11(2)17(20)16(18-12(3)4)10-14-6-8-15(9-7-14)13(5)19/h6-9,11-12,16,18H,10H2,1-5H3. The predicted octanol–water partition coefficient (Wildman–Crippen LogP) is 3.02. The monoisotopic (exact) mass is 275 g/mol. The molecule has 0 aromatic heterocycles. The predicted molar refractivity (Wildman–Crippen MR) is 82.1 cm³/mol. The Labute approximate surface area is 121 Å². The van der Waals surface area contributed by atoms with Gasteiger partial charge in [-0.3, -0.25) is 9.59 Å². The van der Waals surface area contributed by atoms with Gasteiger partial charge in [0.05, 0.1) is 6.04 Å². The molecule has 0 heterocycles. The number of Topliss-reactive ketones (excluding diaryl/α,β-unsaturated/α-hetero) is 2. The second-order valence-corrected chi connectivity index (χ2v) is 5.89. The summed E-state index contributed by atoms with van der Waals surface area (Å²) in [6.45, 7) is 9.49. The Bertz CT molecular complexity index is 460. The molecule has 3 heteroatoms. The second kappa shape index (κ2) is 7.34. The van der Waals surface area contributed by atoms with E-state index in [2.05, 4.69) is 5.32 Å². The van der Waals surface area contributed by atoms with Crippen molar-refractivity contribution in [2.45, 2.75) is 53.1 Å². The number of benzene rings is 1. The van der Waals surface area contributed by atoms with E-state index in [4.69, 9.17) is 0 Å². The Hall–Kier alpha value is -1.48. The van der Waals surface area contributed by atoms with Crippen LogP contribution in [0.15, 0.2) is 24.3 Å². The van der Waals surface area contributed by atoms with Crippen molar-refractivity contribution in [2.75, 3.05) is 0 Å². The molecule has 0 saturated heterocycles. The van der Waals surface area contributed by atoms with Crippen molar-refractivity contribution in [3.05, 3.63) is 35.4 Å². The summed E-state index contributed by atoms with van der Waals surface area (Å²) in [6, 6.07) is 7.60. The van der Waals surface area contributed by atoms with Crippen LogP contribution in [0.3, 0.4) is 0 Å². The number of rotatable bonds is 7. The molecule has 0 bridgehead atoms. The average Bonchev–Trinajstić information content (AvgIpc) is 2.37. The van der Waals surface area contributed by atoms with E-state index in [0.717, 1.165) is 5.56 Å². The number of carbonyl (C=O) groups excluding carboxylic acids is 2. The summed E-state index contributed by atoms with van der Waals surface area (Å²) < 4.78 is 0. The lowest BCUT2D eigenvalue weighted by Gasteiger charge is -2.22. The van der Waals surface area contributed by atoms with Crippen molar-refractivity contribution in [1.82, 2.24) is 5.32 Å². The van der Waals surface area contributed by atoms with E-state index >= 15 is 0 Å². The molecule has 0 saturated carbocycles. The van der Waals surface area contributed by atoms with Gasteiger partial charge in [0.2, 0.25) is 0 Å². The van der Waals surface area contributed by atoms with Gasteiger partial charge in [-0.15, -0.1) is 0 Å². The maximum absolute atomic E-state index is 12.2. The number of ketones is 2. The lowest BCUT2D eigenvalue weighted by atomic mass is 9.94. The molecule has 0 fully saturated rings. The Morgan fingerprint density at radius 3 is 2.00 bits per heavy atom. The zero-order valence-corrected chi connectivity index (χ0v) is 13.1. The molecular weight excluding hydrogens is 250 g/mol. The van der Waals surface area contributed by atoms with Crippen molar-refractivity contribution < 1.29 is 9.59 Å². The van der Waals surface area contributed by atoms with Gasteiger partial charge in [0.25, 0.3) is 0 Å². The summed E-state index contributed by atoms with van der Waals surface area (Å²) in [4.78, 5) is 23.5. The highest BCUT2D eigenvalue weighted by atomic mass is 16.1. The molecule has 1 N–H and O–H groups in total. The van der Waals surface area contributed by atoms with Crippen molar-refractivity contribution in [3.63, 3.8) is 0 Å².